The van der Waals surface area contributed by atoms with Crippen LogP contribution >= 0.6 is 0 Å². The molecule has 1 aromatic carbocycles. The fourth-order valence-corrected chi connectivity index (χ4v) is 10.1. The molecule has 0 bridgehead atoms. The summed E-state index contributed by atoms with van der Waals surface area (Å²) in [5.74, 6) is -6.85. The van der Waals surface area contributed by atoms with Crippen molar-refractivity contribution in [2.75, 3.05) is 26.7 Å². The van der Waals surface area contributed by atoms with Crippen LogP contribution < -0.4 is 5.32 Å². The summed E-state index contributed by atoms with van der Waals surface area (Å²) in [5, 5.41) is 3.05. The molecule has 1 aromatic rings. The van der Waals surface area contributed by atoms with Gasteiger partial charge < -0.3 is 34.4 Å². The predicted octanol–water partition coefficient (Wildman–Crippen LogP) is 4.19. The molecule has 4 aliphatic heterocycles. The standard InChI is InChI=1S/C48H71N5O10/c1-27(2)34-26-38(54)35-19-14-22-51(35)44(57)39(30(7)25-33-17-12-11-13-18-33)49-42(55)36-20-15-23-52(36)45(58)40(28(3)4)50(10)46(59)41(29(5)6)63-48(61)37-21-16-24-53(37)43(56)32(9)62-47(60)31(34)8/h11-13,17-18,27-32,34-37,39-41H,14-16,19-26H2,1-10H3,(H,49,55)/t30-,31-,32+,34-,35+,36+,37+,39+,40-,41+/m1/s1. The molecular weight excluding hydrogens is 807 g/mol. The van der Waals surface area contributed by atoms with Crippen molar-refractivity contribution < 1.29 is 47.8 Å². The monoisotopic (exact) mass is 878 g/mol. The van der Waals surface area contributed by atoms with Crippen molar-refractivity contribution in [3.63, 3.8) is 0 Å². The zero-order valence-corrected chi connectivity index (χ0v) is 39.0. The number of likely N-dealkylation sites (N-methyl/N-ethyl adjacent to an activating group) is 1. The first-order valence-electron chi connectivity index (χ1n) is 23.2. The third-order valence-corrected chi connectivity index (χ3v) is 13.8. The van der Waals surface area contributed by atoms with E-state index < -0.39 is 108 Å². The fourth-order valence-electron chi connectivity index (χ4n) is 10.1. The van der Waals surface area contributed by atoms with E-state index >= 15 is 0 Å². The Morgan fingerprint density at radius 1 is 0.635 bits per heavy atom. The molecule has 10 atom stereocenters. The molecule has 15 nitrogen and oxygen atoms in total. The number of benzene rings is 1. The normalized spacial score (nSPS) is 30.8. The SMILES string of the molecule is CC(C)[C@@H]1OC(=O)[C@@H]2CCCN2C(=O)[C@H](C)OC(=O)[C@H](C)[C@@H](C(C)C)CC(=O)[C@@H]2CCCN2C(=O)[C@H]([C@H](C)Cc2ccccc2)NC(=O)[C@@H]2CCCN2C(=O)[C@@H](C(C)C)N(C)C1=O. The number of Topliss-reactive ketones (excluding diaryl/α,β-unsaturated/α-hetero) is 1. The molecule has 0 saturated carbocycles. The van der Waals surface area contributed by atoms with E-state index in [0.717, 1.165) is 5.56 Å². The van der Waals surface area contributed by atoms with Crippen LogP contribution in [-0.4, -0.2) is 136 Å². The van der Waals surface area contributed by atoms with Gasteiger partial charge in [0.2, 0.25) is 17.7 Å². The lowest BCUT2D eigenvalue weighted by Gasteiger charge is -2.38. The fraction of sp³-hybridized carbons (Fsp3) is 0.708. The molecule has 4 aliphatic rings. The Bertz CT molecular complexity index is 1850. The van der Waals surface area contributed by atoms with E-state index in [1.54, 1.807) is 39.5 Å². The number of esters is 2. The smallest absolute Gasteiger partial charge is 0.329 e. The van der Waals surface area contributed by atoms with Gasteiger partial charge in [-0.05, 0) is 87.0 Å². The van der Waals surface area contributed by atoms with E-state index in [1.807, 2.05) is 51.1 Å². The van der Waals surface area contributed by atoms with Crippen molar-refractivity contribution in [2.24, 2.45) is 35.5 Å². The first kappa shape index (κ1) is 49.2. The minimum absolute atomic E-state index is 0.0122. The van der Waals surface area contributed by atoms with Gasteiger partial charge in [0.15, 0.2) is 18.0 Å². The summed E-state index contributed by atoms with van der Waals surface area (Å²) in [6.45, 7) is 16.7. The second-order valence-corrected chi connectivity index (χ2v) is 19.4. The Balaban J connectivity index is 1.54. The number of carbonyl (C=O) groups excluding carboxylic acids is 8. The highest BCUT2D eigenvalue weighted by Crippen LogP contribution is 2.32. The van der Waals surface area contributed by atoms with E-state index in [1.165, 1.54) is 28.7 Å². The van der Waals surface area contributed by atoms with Gasteiger partial charge in [0.25, 0.3) is 11.8 Å². The van der Waals surface area contributed by atoms with Gasteiger partial charge in [0.05, 0.1) is 12.0 Å². The largest absolute Gasteiger partial charge is 0.452 e. The van der Waals surface area contributed by atoms with E-state index in [4.69, 9.17) is 9.47 Å². The quantitative estimate of drug-likeness (QED) is 0.408. The predicted molar refractivity (Wildman–Crippen MR) is 234 cm³/mol. The number of ketones is 1. The summed E-state index contributed by atoms with van der Waals surface area (Å²) < 4.78 is 11.7. The Morgan fingerprint density at radius 2 is 1.19 bits per heavy atom. The number of hydrogen-bond donors (Lipinski definition) is 1. The van der Waals surface area contributed by atoms with Crippen LogP contribution in [0.2, 0.25) is 0 Å². The Hall–Kier alpha value is -4.82. The minimum Gasteiger partial charge on any atom is -0.452 e. The molecule has 0 aromatic heterocycles. The molecule has 0 spiro atoms. The van der Waals surface area contributed by atoms with E-state index in [9.17, 15) is 38.4 Å². The van der Waals surface area contributed by atoms with Crippen LogP contribution in [0.4, 0.5) is 0 Å². The highest BCUT2D eigenvalue weighted by Gasteiger charge is 2.47. The van der Waals surface area contributed by atoms with Crippen molar-refractivity contribution in [1.82, 2.24) is 24.9 Å². The van der Waals surface area contributed by atoms with Crippen LogP contribution in [-0.2, 0) is 54.3 Å². The number of cyclic esters (lactones) is 2. The topological polar surface area (TPSA) is 180 Å². The van der Waals surface area contributed by atoms with Crippen LogP contribution in [0.3, 0.4) is 0 Å². The van der Waals surface area contributed by atoms with Gasteiger partial charge in [-0.25, -0.2) is 4.79 Å². The van der Waals surface area contributed by atoms with Gasteiger partial charge in [-0.3, -0.25) is 33.6 Å². The molecular formula is C48H71N5O10. The van der Waals surface area contributed by atoms with Crippen LogP contribution in [0.1, 0.15) is 113 Å². The van der Waals surface area contributed by atoms with Crippen molar-refractivity contribution in [3.8, 4) is 0 Å². The van der Waals surface area contributed by atoms with Gasteiger partial charge in [-0.15, -0.1) is 0 Å². The minimum atomic E-state index is -1.29. The molecule has 348 valence electrons. The highest BCUT2D eigenvalue weighted by molar-refractivity contribution is 5.97. The number of hydrogen-bond acceptors (Lipinski definition) is 10. The molecule has 63 heavy (non-hydrogen) atoms. The summed E-state index contributed by atoms with van der Waals surface area (Å²) in [4.78, 5) is 120. The van der Waals surface area contributed by atoms with Crippen LogP contribution in [0, 0.1) is 35.5 Å². The Labute approximate surface area is 373 Å². The van der Waals surface area contributed by atoms with Crippen molar-refractivity contribution in [1.29, 1.82) is 0 Å². The number of fused-ring (bicyclic) bond motifs is 3. The second-order valence-electron chi connectivity index (χ2n) is 19.4. The first-order chi connectivity index (χ1) is 29.7. The first-order valence-corrected chi connectivity index (χ1v) is 23.2. The van der Waals surface area contributed by atoms with Crippen LogP contribution in [0.15, 0.2) is 30.3 Å². The summed E-state index contributed by atoms with van der Waals surface area (Å²) in [6, 6.07) is 4.86. The molecule has 0 aliphatic carbocycles. The lowest BCUT2D eigenvalue weighted by Crippen LogP contribution is -2.60. The van der Waals surface area contributed by atoms with E-state index in [2.05, 4.69) is 5.32 Å². The van der Waals surface area contributed by atoms with Gasteiger partial charge in [-0.1, -0.05) is 85.7 Å². The van der Waals surface area contributed by atoms with Crippen molar-refractivity contribution in [2.45, 2.75) is 156 Å². The third kappa shape index (κ3) is 11.1. The average molecular weight is 878 g/mol. The van der Waals surface area contributed by atoms with Gasteiger partial charge in [-0.2, -0.15) is 0 Å². The number of amides is 5. The molecule has 0 unspecified atom stereocenters. The molecule has 1 N–H and O–H groups in total. The number of nitrogens with one attached hydrogen (secondary N) is 1. The van der Waals surface area contributed by atoms with Gasteiger partial charge in [0.1, 0.15) is 24.2 Å². The summed E-state index contributed by atoms with van der Waals surface area (Å²) in [6.07, 6.45) is 0.551. The zero-order valence-electron chi connectivity index (χ0n) is 39.0. The highest BCUT2D eigenvalue weighted by atomic mass is 16.6. The maximum absolute atomic E-state index is 14.8. The second kappa shape index (κ2) is 21.2. The van der Waals surface area contributed by atoms with E-state index in [0.29, 0.717) is 45.1 Å². The molecule has 5 amide bonds. The molecule has 5 rings (SSSR count). The molecule has 4 fully saturated rings. The number of carbonyl (C=O) groups is 8. The van der Waals surface area contributed by atoms with Gasteiger partial charge in [0, 0.05) is 33.1 Å². The summed E-state index contributed by atoms with van der Waals surface area (Å²) in [5.41, 5.74) is 0.967. The van der Waals surface area contributed by atoms with Crippen molar-refractivity contribution >= 4 is 47.3 Å². The Morgan fingerprint density at radius 3 is 1.76 bits per heavy atom. The number of rotatable bonds is 6. The number of ether oxygens (including phenoxy) is 2. The zero-order chi connectivity index (χ0) is 46.4. The Kier molecular flexibility index (Phi) is 16.6. The maximum atomic E-state index is 14.8. The molecule has 4 heterocycles. The molecule has 15 heteroatoms. The average Bonchev–Trinajstić information content (AvgIpc) is 4.04. The van der Waals surface area contributed by atoms with Gasteiger partial charge >= 0.3 is 11.9 Å². The van der Waals surface area contributed by atoms with Crippen LogP contribution in [0.25, 0.3) is 0 Å². The molecule has 0 radical (unpaired) electrons. The van der Waals surface area contributed by atoms with Crippen molar-refractivity contribution in [3.05, 3.63) is 35.9 Å². The lowest BCUT2D eigenvalue weighted by atomic mass is 9.79. The maximum Gasteiger partial charge on any atom is 0.329 e. The number of nitrogens with zero attached hydrogens (tertiary/aromatic N) is 4. The lowest BCUT2D eigenvalue weighted by molar-refractivity contribution is -0.172. The molecule has 4 saturated heterocycles. The van der Waals surface area contributed by atoms with E-state index in [-0.39, 0.29) is 43.5 Å². The summed E-state index contributed by atoms with van der Waals surface area (Å²) >= 11 is 0. The van der Waals surface area contributed by atoms with Crippen LogP contribution in [0.5, 0.6) is 0 Å². The summed E-state index contributed by atoms with van der Waals surface area (Å²) in [7, 11) is 1.49. The third-order valence-electron chi connectivity index (χ3n) is 13.8.